The van der Waals surface area contributed by atoms with Gasteiger partial charge in [-0.3, -0.25) is 19.6 Å². The molecule has 2 aliphatic rings. The zero-order valence-corrected chi connectivity index (χ0v) is 16.2. The van der Waals surface area contributed by atoms with E-state index < -0.39 is 0 Å². The molecule has 0 spiro atoms. The van der Waals surface area contributed by atoms with Crippen molar-refractivity contribution in [2.75, 3.05) is 19.6 Å². The molecule has 6 nitrogen and oxygen atoms in total. The summed E-state index contributed by atoms with van der Waals surface area (Å²) in [6.07, 6.45) is 10.2. The van der Waals surface area contributed by atoms with Gasteiger partial charge in [-0.25, -0.2) is 0 Å². The third-order valence-electron chi connectivity index (χ3n) is 5.34. The van der Waals surface area contributed by atoms with Crippen molar-refractivity contribution in [2.24, 2.45) is 0 Å². The molecule has 142 valence electrons. The van der Waals surface area contributed by atoms with Gasteiger partial charge >= 0.3 is 0 Å². The van der Waals surface area contributed by atoms with E-state index in [1.807, 2.05) is 21.9 Å². The first kappa shape index (κ1) is 18.1. The topological polar surface area (TPSA) is 66.4 Å². The van der Waals surface area contributed by atoms with Crippen LogP contribution >= 0.6 is 11.3 Å². The van der Waals surface area contributed by atoms with Crippen LogP contribution in [0.1, 0.15) is 58.4 Å². The van der Waals surface area contributed by atoms with Crippen LogP contribution in [-0.4, -0.2) is 51.2 Å². The summed E-state index contributed by atoms with van der Waals surface area (Å²) in [4.78, 5) is 39.5. The lowest BCUT2D eigenvalue weighted by molar-refractivity contribution is -0.132. The van der Waals surface area contributed by atoms with Gasteiger partial charge in [0, 0.05) is 49.5 Å². The van der Waals surface area contributed by atoms with Crippen molar-refractivity contribution in [3.8, 4) is 0 Å². The third kappa shape index (κ3) is 4.03. The fourth-order valence-corrected chi connectivity index (χ4v) is 5.05. The Hall–Kier alpha value is -2.28. The number of carbonyl (C=O) groups excluding carboxylic acids is 2. The summed E-state index contributed by atoms with van der Waals surface area (Å²) < 4.78 is 0. The minimum Gasteiger partial charge on any atom is -0.338 e. The predicted molar refractivity (Wildman–Crippen MR) is 103 cm³/mol. The molecule has 0 bridgehead atoms. The molecule has 4 heterocycles. The number of aryl methyl sites for hydroxylation is 1. The molecule has 4 rings (SSSR count). The molecule has 2 fully saturated rings. The van der Waals surface area contributed by atoms with E-state index in [2.05, 4.69) is 9.97 Å². The first-order chi connectivity index (χ1) is 13.2. The maximum Gasteiger partial charge on any atom is 0.263 e. The largest absolute Gasteiger partial charge is 0.338 e. The lowest BCUT2D eigenvalue weighted by Gasteiger charge is -2.24. The Labute approximate surface area is 163 Å². The highest BCUT2D eigenvalue weighted by Crippen LogP contribution is 2.36. The predicted octanol–water partition coefficient (Wildman–Crippen LogP) is 3.07. The SMILES string of the molecule is O=C(c1ccc([C@H]2CCCN2C(=O)CCc2cnccn2)s1)N1CCCC1. The van der Waals surface area contributed by atoms with E-state index in [1.54, 1.807) is 29.9 Å². The van der Waals surface area contributed by atoms with Crippen LogP contribution < -0.4 is 0 Å². The molecule has 0 unspecified atom stereocenters. The van der Waals surface area contributed by atoms with Gasteiger partial charge in [0.15, 0.2) is 0 Å². The highest BCUT2D eigenvalue weighted by Gasteiger charge is 2.31. The molecular weight excluding hydrogens is 360 g/mol. The molecule has 7 heteroatoms. The minimum absolute atomic E-state index is 0.101. The van der Waals surface area contributed by atoms with Gasteiger partial charge in [-0.2, -0.15) is 0 Å². The summed E-state index contributed by atoms with van der Waals surface area (Å²) in [7, 11) is 0. The number of rotatable bonds is 5. The Morgan fingerprint density at radius 3 is 2.74 bits per heavy atom. The number of aromatic nitrogens is 2. The summed E-state index contributed by atoms with van der Waals surface area (Å²) in [6, 6.07) is 4.07. The molecule has 0 aliphatic carbocycles. The van der Waals surface area contributed by atoms with Gasteiger partial charge in [-0.1, -0.05) is 0 Å². The number of nitrogens with zero attached hydrogens (tertiary/aromatic N) is 4. The second-order valence-corrected chi connectivity index (χ2v) is 8.26. The Balaban J connectivity index is 1.40. The number of thiophene rings is 1. The van der Waals surface area contributed by atoms with Crippen molar-refractivity contribution >= 4 is 23.2 Å². The molecule has 0 N–H and O–H groups in total. The zero-order valence-electron chi connectivity index (χ0n) is 15.3. The lowest BCUT2D eigenvalue weighted by Crippen LogP contribution is -2.30. The van der Waals surface area contributed by atoms with Crippen molar-refractivity contribution in [1.82, 2.24) is 19.8 Å². The zero-order chi connectivity index (χ0) is 18.6. The second kappa shape index (κ2) is 8.17. The van der Waals surface area contributed by atoms with Crippen molar-refractivity contribution in [1.29, 1.82) is 0 Å². The van der Waals surface area contributed by atoms with E-state index in [9.17, 15) is 9.59 Å². The van der Waals surface area contributed by atoms with Gasteiger partial charge in [-0.05, 0) is 44.2 Å². The molecule has 27 heavy (non-hydrogen) atoms. The fourth-order valence-electron chi connectivity index (χ4n) is 3.92. The van der Waals surface area contributed by atoms with Crippen LogP contribution in [0.4, 0.5) is 0 Å². The minimum atomic E-state index is 0.101. The second-order valence-electron chi connectivity index (χ2n) is 7.14. The van der Waals surface area contributed by atoms with Crippen molar-refractivity contribution in [3.63, 3.8) is 0 Å². The van der Waals surface area contributed by atoms with E-state index in [1.165, 1.54) is 0 Å². The fraction of sp³-hybridized carbons (Fsp3) is 0.500. The monoisotopic (exact) mass is 384 g/mol. The Morgan fingerprint density at radius 2 is 1.96 bits per heavy atom. The van der Waals surface area contributed by atoms with Crippen molar-refractivity contribution in [3.05, 3.63) is 46.2 Å². The van der Waals surface area contributed by atoms with Gasteiger partial charge in [0.1, 0.15) is 0 Å². The standard InChI is InChI=1S/C20H24N4O2S/c25-19(8-5-15-14-21-9-10-22-15)24-13-3-4-16(24)17-6-7-18(27-17)20(26)23-11-1-2-12-23/h6-7,9-10,14,16H,1-5,8,11-13H2/t16-/m1/s1. The molecular formula is C20H24N4O2S. The average Bonchev–Trinajstić information content (AvgIpc) is 3.47. The highest BCUT2D eigenvalue weighted by atomic mass is 32.1. The van der Waals surface area contributed by atoms with E-state index in [0.29, 0.717) is 12.8 Å². The van der Waals surface area contributed by atoms with Gasteiger partial charge in [0.05, 0.1) is 16.6 Å². The number of amides is 2. The molecule has 1 atom stereocenters. The first-order valence-corrected chi connectivity index (χ1v) is 10.5. The van der Waals surface area contributed by atoms with Crippen molar-refractivity contribution in [2.45, 2.75) is 44.6 Å². The normalized spacial score (nSPS) is 19.6. The summed E-state index contributed by atoms with van der Waals surface area (Å²) >= 11 is 1.55. The lowest BCUT2D eigenvalue weighted by atomic mass is 10.1. The van der Waals surface area contributed by atoms with Gasteiger partial charge < -0.3 is 9.80 Å². The Kier molecular flexibility index (Phi) is 5.48. The molecule has 0 radical (unpaired) electrons. The number of hydrogen-bond acceptors (Lipinski definition) is 5. The summed E-state index contributed by atoms with van der Waals surface area (Å²) in [5, 5.41) is 0. The molecule has 0 aromatic carbocycles. The van der Waals surface area contributed by atoms with Crippen LogP contribution in [0.2, 0.25) is 0 Å². The Morgan fingerprint density at radius 1 is 1.11 bits per heavy atom. The van der Waals surface area contributed by atoms with Crippen LogP contribution in [-0.2, 0) is 11.2 Å². The van der Waals surface area contributed by atoms with Gasteiger partial charge in [0.25, 0.3) is 5.91 Å². The third-order valence-corrected chi connectivity index (χ3v) is 6.52. The van der Waals surface area contributed by atoms with Crippen LogP contribution in [0.25, 0.3) is 0 Å². The van der Waals surface area contributed by atoms with E-state index in [0.717, 1.165) is 60.8 Å². The molecule has 2 aromatic heterocycles. The van der Waals surface area contributed by atoms with Crippen LogP contribution in [0.3, 0.4) is 0 Å². The first-order valence-electron chi connectivity index (χ1n) is 9.66. The van der Waals surface area contributed by atoms with Crippen LogP contribution in [0, 0.1) is 0 Å². The molecule has 2 aliphatic heterocycles. The summed E-state index contributed by atoms with van der Waals surface area (Å²) in [5.74, 6) is 0.297. The molecule has 2 saturated heterocycles. The van der Waals surface area contributed by atoms with Crippen molar-refractivity contribution < 1.29 is 9.59 Å². The number of hydrogen-bond donors (Lipinski definition) is 0. The summed E-state index contributed by atoms with van der Waals surface area (Å²) in [5.41, 5.74) is 0.844. The summed E-state index contributed by atoms with van der Waals surface area (Å²) in [6.45, 7) is 2.52. The molecule has 0 saturated carbocycles. The van der Waals surface area contributed by atoms with E-state index >= 15 is 0 Å². The number of likely N-dealkylation sites (tertiary alicyclic amines) is 2. The molecule has 2 amide bonds. The van der Waals surface area contributed by atoms with Gasteiger partial charge in [-0.15, -0.1) is 11.3 Å². The highest BCUT2D eigenvalue weighted by molar-refractivity contribution is 7.14. The van der Waals surface area contributed by atoms with Crippen LogP contribution in [0.15, 0.2) is 30.7 Å². The maximum atomic E-state index is 12.8. The quantitative estimate of drug-likeness (QED) is 0.795. The smallest absolute Gasteiger partial charge is 0.263 e. The Bertz CT molecular complexity index is 801. The average molecular weight is 385 g/mol. The van der Waals surface area contributed by atoms with E-state index in [4.69, 9.17) is 0 Å². The van der Waals surface area contributed by atoms with Crippen LogP contribution in [0.5, 0.6) is 0 Å². The maximum absolute atomic E-state index is 12.8. The van der Waals surface area contributed by atoms with E-state index in [-0.39, 0.29) is 17.9 Å². The van der Waals surface area contributed by atoms with Gasteiger partial charge in [0.2, 0.25) is 5.91 Å². The number of carbonyl (C=O) groups is 2. The molecule has 2 aromatic rings.